The van der Waals surface area contributed by atoms with Gasteiger partial charge in [0, 0.05) is 5.56 Å². The van der Waals surface area contributed by atoms with Crippen LogP contribution in [0.25, 0.3) is 0 Å². The Hall–Kier alpha value is -2.34. The zero-order chi connectivity index (χ0) is 15.9. The Kier molecular flexibility index (Phi) is 5.55. The van der Waals surface area contributed by atoms with Crippen molar-refractivity contribution in [2.24, 2.45) is 5.16 Å². The third-order valence-corrected chi connectivity index (χ3v) is 3.96. The van der Waals surface area contributed by atoms with Crippen LogP contribution in [0.2, 0.25) is 0 Å². The molecule has 0 unspecified atom stereocenters. The molecule has 0 aliphatic heterocycles. The fraction of sp³-hybridized carbons (Fsp3) is 0.250. The Bertz CT molecular complexity index is 678. The van der Waals surface area contributed by atoms with Gasteiger partial charge in [-0.25, -0.2) is 4.79 Å². The van der Waals surface area contributed by atoms with Gasteiger partial charge in [-0.15, -0.1) is 11.3 Å². The molecule has 1 aromatic carbocycles. The normalized spacial score (nSPS) is 11.1. The molecule has 2 aromatic rings. The number of hydrogen-bond donors (Lipinski definition) is 0. The minimum atomic E-state index is -0.540. The lowest BCUT2D eigenvalue weighted by atomic mass is 10.2. The van der Waals surface area contributed by atoms with Crippen LogP contribution in [0.3, 0.4) is 0 Å². The molecule has 1 heterocycles. The van der Waals surface area contributed by atoms with Gasteiger partial charge in [-0.1, -0.05) is 23.4 Å². The van der Waals surface area contributed by atoms with Crippen LogP contribution in [0, 0.1) is 6.92 Å². The van der Waals surface area contributed by atoms with Crippen molar-refractivity contribution in [1.82, 2.24) is 0 Å². The first-order valence-corrected chi connectivity index (χ1v) is 7.50. The molecule has 0 radical (unpaired) electrons. The van der Waals surface area contributed by atoms with E-state index in [-0.39, 0.29) is 5.71 Å². The zero-order valence-electron chi connectivity index (χ0n) is 12.7. The van der Waals surface area contributed by atoms with Crippen LogP contribution in [0.4, 0.5) is 0 Å². The van der Waals surface area contributed by atoms with Crippen LogP contribution in [0.1, 0.15) is 16.0 Å². The van der Waals surface area contributed by atoms with Gasteiger partial charge in [0.1, 0.15) is 19.5 Å². The van der Waals surface area contributed by atoms with E-state index < -0.39 is 5.97 Å². The number of thiophene rings is 1. The molecule has 0 spiro atoms. The van der Waals surface area contributed by atoms with E-state index in [1.807, 2.05) is 42.6 Å². The van der Waals surface area contributed by atoms with Crippen molar-refractivity contribution in [2.45, 2.75) is 13.5 Å². The van der Waals surface area contributed by atoms with Crippen molar-refractivity contribution < 1.29 is 19.1 Å². The highest BCUT2D eigenvalue weighted by Crippen LogP contribution is 2.23. The van der Waals surface area contributed by atoms with Crippen LogP contribution in [0.15, 0.2) is 40.9 Å². The summed E-state index contributed by atoms with van der Waals surface area (Å²) in [7, 11) is 2.70. The standard InChI is InChI=1S/C16H17NO4S/c1-11-6-4-5-7-13(11)21-10-12-8-9-22-15(12)14(17-20-3)16(18)19-2/h4-9H,10H2,1-3H3/b17-14+. The van der Waals surface area contributed by atoms with Crippen molar-refractivity contribution in [2.75, 3.05) is 14.2 Å². The molecular formula is C16H17NO4S. The van der Waals surface area contributed by atoms with Gasteiger partial charge in [0.15, 0.2) is 0 Å². The number of ether oxygens (including phenoxy) is 2. The van der Waals surface area contributed by atoms with Gasteiger partial charge in [0.25, 0.3) is 0 Å². The summed E-state index contributed by atoms with van der Waals surface area (Å²) >= 11 is 1.39. The number of aryl methyl sites for hydroxylation is 1. The fourth-order valence-corrected chi connectivity index (χ4v) is 2.77. The second-order valence-corrected chi connectivity index (χ2v) is 5.36. The zero-order valence-corrected chi connectivity index (χ0v) is 13.5. The maximum atomic E-state index is 11.8. The van der Waals surface area contributed by atoms with Gasteiger partial charge in [-0.3, -0.25) is 0 Å². The topological polar surface area (TPSA) is 57.1 Å². The monoisotopic (exact) mass is 319 g/mol. The molecule has 0 saturated heterocycles. The number of methoxy groups -OCH3 is 1. The van der Waals surface area contributed by atoms with Crippen LogP contribution in [0.5, 0.6) is 5.75 Å². The summed E-state index contributed by atoms with van der Waals surface area (Å²) in [6.45, 7) is 2.32. The molecule has 2 rings (SSSR count). The number of rotatable bonds is 6. The first-order valence-electron chi connectivity index (χ1n) is 6.62. The third-order valence-electron chi connectivity index (χ3n) is 3.00. The minimum absolute atomic E-state index is 0.142. The van der Waals surface area contributed by atoms with E-state index in [1.54, 1.807) is 0 Å². The first kappa shape index (κ1) is 16.0. The molecule has 0 amide bonds. The summed E-state index contributed by atoms with van der Waals surface area (Å²) in [6, 6.07) is 9.66. The number of oxime groups is 1. The number of esters is 1. The van der Waals surface area contributed by atoms with E-state index in [9.17, 15) is 4.79 Å². The molecule has 22 heavy (non-hydrogen) atoms. The number of benzene rings is 1. The average Bonchev–Trinajstić information content (AvgIpc) is 2.99. The maximum Gasteiger partial charge on any atom is 0.361 e. The highest BCUT2D eigenvalue weighted by Gasteiger charge is 2.21. The van der Waals surface area contributed by atoms with Crippen LogP contribution >= 0.6 is 11.3 Å². The fourth-order valence-electron chi connectivity index (χ4n) is 1.89. The lowest BCUT2D eigenvalue weighted by molar-refractivity contribution is -0.132. The summed E-state index contributed by atoms with van der Waals surface area (Å²) in [5.74, 6) is 0.268. The molecule has 0 aliphatic rings. The highest BCUT2D eigenvalue weighted by atomic mass is 32.1. The Labute approximate surface area is 133 Å². The van der Waals surface area contributed by atoms with Crippen molar-refractivity contribution in [3.05, 3.63) is 51.7 Å². The van der Waals surface area contributed by atoms with Gasteiger partial charge in [-0.2, -0.15) is 0 Å². The lowest BCUT2D eigenvalue weighted by Gasteiger charge is -2.09. The summed E-state index contributed by atoms with van der Waals surface area (Å²) in [5.41, 5.74) is 2.05. The molecule has 1 aromatic heterocycles. The molecule has 0 saturated carbocycles. The van der Waals surface area contributed by atoms with Crippen molar-refractivity contribution in [3.8, 4) is 5.75 Å². The summed E-state index contributed by atoms with van der Waals surface area (Å²) in [5, 5.41) is 5.64. The molecule has 5 nitrogen and oxygen atoms in total. The van der Waals surface area contributed by atoms with Gasteiger partial charge >= 0.3 is 5.97 Å². The highest BCUT2D eigenvalue weighted by molar-refractivity contribution is 7.13. The Morgan fingerprint density at radius 1 is 1.23 bits per heavy atom. The third kappa shape index (κ3) is 3.65. The van der Waals surface area contributed by atoms with Gasteiger partial charge in [0.05, 0.1) is 12.0 Å². The smallest absolute Gasteiger partial charge is 0.361 e. The van der Waals surface area contributed by atoms with Gasteiger partial charge in [-0.05, 0) is 30.0 Å². The van der Waals surface area contributed by atoms with Crippen molar-refractivity contribution in [3.63, 3.8) is 0 Å². The van der Waals surface area contributed by atoms with E-state index in [0.29, 0.717) is 11.5 Å². The van der Waals surface area contributed by atoms with E-state index in [0.717, 1.165) is 16.9 Å². The SMILES string of the molecule is CO/N=C(/C(=O)OC)c1sccc1COc1ccccc1C. The van der Waals surface area contributed by atoms with E-state index in [1.165, 1.54) is 25.6 Å². The molecule has 116 valence electrons. The van der Waals surface area contributed by atoms with Gasteiger partial charge < -0.3 is 14.3 Å². The van der Waals surface area contributed by atoms with E-state index in [4.69, 9.17) is 14.3 Å². The predicted octanol–water partition coefficient (Wildman–Crippen LogP) is 3.16. The van der Waals surface area contributed by atoms with Crippen LogP contribution in [-0.2, 0) is 21.0 Å². The van der Waals surface area contributed by atoms with Crippen molar-refractivity contribution >= 4 is 23.0 Å². The van der Waals surface area contributed by atoms with Crippen LogP contribution in [-0.4, -0.2) is 25.9 Å². The average molecular weight is 319 g/mol. The Balaban J connectivity index is 2.20. The van der Waals surface area contributed by atoms with E-state index >= 15 is 0 Å². The second-order valence-electron chi connectivity index (χ2n) is 4.44. The Morgan fingerprint density at radius 3 is 2.68 bits per heavy atom. The number of hydrogen-bond acceptors (Lipinski definition) is 6. The van der Waals surface area contributed by atoms with Gasteiger partial charge in [0.2, 0.25) is 5.71 Å². The second kappa shape index (κ2) is 7.61. The number of carbonyl (C=O) groups excluding carboxylic acids is 1. The molecule has 0 fully saturated rings. The maximum absolute atomic E-state index is 11.8. The minimum Gasteiger partial charge on any atom is -0.489 e. The number of carbonyl (C=O) groups is 1. The largest absolute Gasteiger partial charge is 0.489 e. The predicted molar refractivity (Wildman–Crippen MR) is 85.4 cm³/mol. The molecule has 6 heteroatoms. The number of nitrogens with zero attached hydrogens (tertiary/aromatic N) is 1. The quantitative estimate of drug-likeness (QED) is 0.466. The Morgan fingerprint density at radius 2 is 2.00 bits per heavy atom. The number of para-hydroxylation sites is 1. The van der Waals surface area contributed by atoms with Crippen LogP contribution < -0.4 is 4.74 Å². The summed E-state index contributed by atoms with van der Waals surface area (Å²) in [4.78, 5) is 17.2. The van der Waals surface area contributed by atoms with Crippen molar-refractivity contribution in [1.29, 1.82) is 0 Å². The molecule has 0 N–H and O–H groups in total. The lowest BCUT2D eigenvalue weighted by Crippen LogP contribution is -2.18. The van der Waals surface area contributed by atoms with E-state index in [2.05, 4.69) is 5.16 Å². The molecular weight excluding hydrogens is 302 g/mol. The summed E-state index contributed by atoms with van der Waals surface area (Å²) in [6.07, 6.45) is 0. The first-order chi connectivity index (χ1) is 10.7. The molecule has 0 bridgehead atoms. The molecule has 0 aliphatic carbocycles. The summed E-state index contributed by atoms with van der Waals surface area (Å²) < 4.78 is 10.6. The molecule has 0 atom stereocenters.